The third-order valence-electron chi connectivity index (χ3n) is 3.64. The molecule has 2 aromatic carbocycles. The van der Waals surface area contributed by atoms with Crippen molar-refractivity contribution in [2.45, 2.75) is 11.3 Å². The fourth-order valence-corrected chi connectivity index (χ4v) is 2.99. The molecular weight excluding hydrogens is 356 g/mol. The zero-order valence-corrected chi connectivity index (χ0v) is 15.1. The predicted molar refractivity (Wildman–Crippen MR) is 102 cm³/mol. The molecule has 0 fully saturated rings. The van der Waals surface area contributed by atoms with E-state index in [0.717, 1.165) is 33.5 Å². The summed E-state index contributed by atoms with van der Waals surface area (Å²) in [6, 6.07) is 13.0. The molecule has 0 unspecified atom stereocenters. The van der Waals surface area contributed by atoms with Gasteiger partial charge < -0.3 is 5.32 Å². The smallest absolute Gasteiger partial charge is 0.228 e. The van der Waals surface area contributed by atoms with Crippen LogP contribution in [0.5, 0.6) is 0 Å². The van der Waals surface area contributed by atoms with E-state index in [4.69, 9.17) is 16.7 Å². The number of rotatable bonds is 5. The van der Waals surface area contributed by atoms with Crippen LogP contribution in [0.4, 0.5) is 5.69 Å². The Morgan fingerprint density at radius 3 is 2.64 bits per heavy atom. The highest BCUT2D eigenvalue weighted by molar-refractivity contribution is 7.97. The van der Waals surface area contributed by atoms with Crippen LogP contribution in [0.15, 0.2) is 59.8 Å². The minimum absolute atomic E-state index is 0.0985. The number of nitrogens with two attached hydrogens (primary N) is 1. The lowest BCUT2D eigenvalue weighted by Crippen LogP contribution is -2.14. The summed E-state index contributed by atoms with van der Waals surface area (Å²) in [5.41, 5.74) is 3.52. The second-order valence-corrected chi connectivity index (χ2v) is 6.76. The maximum Gasteiger partial charge on any atom is 0.228 e. The number of nitrogens with one attached hydrogen (secondary N) is 1. The minimum Gasteiger partial charge on any atom is -0.326 e. The van der Waals surface area contributed by atoms with Crippen molar-refractivity contribution >= 4 is 35.1 Å². The number of aromatic nitrogens is 2. The number of benzene rings is 2. The monoisotopic (exact) mass is 372 g/mol. The minimum atomic E-state index is -0.0985. The van der Waals surface area contributed by atoms with E-state index in [2.05, 4.69) is 10.4 Å². The molecule has 1 heterocycles. The molecule has 1 amide bonds. The van der Waals surface area contributed by atoms with Crippen molar-refractivity contribution in [1.82, 2.24) is 9.78 Å². The van der Waals surface area contributed by atoms with Gasteiger partial charge in [0.1, 0.15) is 0 Å². The van der Waals surface area contributed by atoms with Gasteiger partial charge in [-0.2, -0.15) is 5.10 Å². The van der Waals surface area contributed by atoms with Gasteiger partial charge in [0.05, 0.1) is 12.6 Å². The van der Waals surface area contributed by atoms with Crippen LogP contribution in [-0.4, -0.2) is 15.7 Å². The second kappa shape index (κ2) is 7.74. The Balaban J connectivity index is 1.79. The molecule has 0 saturated carbocycles. The lowest BCUT2D eigenvalue weighted by molar-refractivity contribution is -0.115. The van der Waals surface area contributed by atoms with E-state index in [1.54, 1.807) is 23.0 Å². The number of carbonyl (C=O) groups is 1. The first-order valence-electron chi connectivity index (χ1n) is 7.58. The van der Waals surface area contributed by atoms with E-state index in [1.165, 1.54) is 0 Å². The Morgan fingerprint density at radius 1 is 1.24 bits per heavy atom. The Bertz CT molecular complexity index is 892. The standard InChI is InChI=1S/C18H17ClN4OS/c1-23-11-14(10-21-23)13-7-16(9-17(8-13)25-20)22-18(24)6-12-2-4-15(19)5-3-12/h2-5,7-11H,6,20H2,1H3,(H,22,24). The molecule has 0 aliphatic rings. The van der Waals surface area contributed by atoms with Gasteiger partial charge in [0.15, 0.2) is 0 Å². The second-order valence-electron chi connectivity index (χ2n) is 5.62. The van der Waals surface area contributed by atoms with Gasteiger partial charge in [-0.3, -0.25) is 14.6 Å². The third kappa shape index (κ3) is 4.63. The first kappa shape index (κ1) is 17.5. The van der Waals surface area contributed by atoms with Gasteiger partial charge in [-0.15, -0.1) is 0 Å². The number of hydrogen-bond donors (Lipinski definition) is 2. The third-order valence-corrected chi connectivity index (χ3v) is 4.40. The summed E-state index contributed by atoms with van der Waals surface area (Å²) in [7, 11) is 1.86. The average Bonchev–Trinajstić information content (AvgIpc) is 3.03. The van der Waals surface area contributed by atoms with Crippen molar-refractivity contribution in [3.05, 3.63) is 65.4 Å². The first-order valence-corrected chi connectivity index (χ1v) is 8.84. The maximum absolute atomic E-state index is 12.3. The van der Waals surface area contributed by atoms with Gasteiger partial charge in [0.25, 0.3) is 0 Å². The van der Waals surface area contributed by atoms with Gasteiger partial charge in [-0.05, 0) is 53.4 Å². The average molecular weight is 373 g/mol. The van der Waals surface area contributed by atoms with Crippen LogP contribution in [0.2, 0.25) is 5.02 Å². The van der Waals surface area contributed by atoms with Crippen LogP contribution >= 0.6 is 23.5 Å². The zero-order valence-electron chi connectivity index (χ0n) is 13.6. The molecule has 0 saturated heterocycles. The molecule has 5 nitrogen and oxygen atoms in total. The van der Waals surface area contributed by atoms with Gasteiger partial charge in [-0.1, -0.05) is 23.7 Å². The fourth-order valence-electron chi connectivity index (χ4n) is 2.47. The van der Waals surface area contributed by atoms with Crippen molar-refractivity contribution in [3.63, 3.8) is 0 Å². The summed E-state index contributed by atoms with van der Waals surface area (Å²) < 4.78 is 1.73. The SMILES string of the molecule is Cn1cc(-c2cc(NC(=O)Cc3ccc(Cl)cc3)cc(SN)c2)cn1. The van der Waals surface area contributed by atoms with Crippen molar-refractivity contribution in [3.8, 4) is 11.1 Å². The molecule has 3 N–H and O–H groups in total. The van der Waals surface area contributed by atoms with Crippen LogP contribution < -0.4 is 10.5 Å². The van der Waals surface area contributed by atoms with E-state index in [1.807, 2.05) is 43.6 Å². The Hall–Kier alpha value is -2.28. The molecule has 1 aromatic heterocycles. The molecule has 0 atom stereocenters. The van der Waals surface area contributed by atoms with Crippen LogP contribution in [0.25, 0.3) is 11.1 Å². The van der Waals surface area contributed by atoms with Gasteiger partial charge >= 0.3 is 0 Å². The van der Waals surface area contributed by atoms with E-state index >= 15 is 0 Å². The molecule has 0 radical (unpaired) electrons. The van der Waals surface area contributed by atoms with Gasteiger partial charge in [-0.25, -0.2) is 0 Å². The number of carbonyl (C=O) groups excluding carboxylic acids is 1. The molecule has 25 heavy (non-hydrogen) atoms. The summed E-state index contributed by atoms with van der Waals surface area (Å²) in [5.74, 6) is -0.0985. The maximum atomic E-state index is 12.3. The molecule has 0 aliphatic heterocycles. The zero-order chi connectivity index (χ0) is 17.8. The van der Waals surface area contributed by atoms with Crippen LogP contribution in [0, 0.1) is 0 Å². The predicted octanol–water partition coefficient (Wildman–Crippen LogP) is 3.89. The van der Waals surface area contributed by atoms with Crippen molar-refractivity contribution in [2.75, 3.05) is 5.32 Å². The summed E-state index contributed by atoms with van der Waals surface area (Å²) in [4.78, 5) is 13.2. The largest absolute Gasteiger partial charge is 0.326 e. The summed E-state index contributed by atoms with van der Waals surface area (Å²) >= 11 is 7.01. The molecule has 3 aromatic rings. The lowest BCUT2D eigenvalue weighted by Gasteiger charge is -2.09. The fraction of sp³-hybridized carbons (Fsp3) is 0.111. The van der Waals surface area contributed by atoms with E-state index < -0.39 is 0 Å². The van der Waals surface area contributed by atoms with Crippen molar-refractivity contribution in [1.29, 1.82) is 0 Å². The molecule has 0 aliphatic carbocycles. The quantitative estimate of drug-likeness (QED) is 0.666. The Labute approximate surface area is 155 Å². The van der Waals surface area contributed by atoms with Gasteiger partial charge in [0.2, 0.25) is 5.91 Å². The summed E-state index contributed by atoms with van der Waals surface area (Å²) in [6.07, 6.45) is 3.97. The number of halogens is 1. The lowest BCUT2D eigenvalue weighted by atomic mass is 10.1. The first-order chi connectivity index (χ1) is 12.0. The van der Waals surface area contributed by atoms with E-state index in [-0.39, 0.29) is 12.3 Å². The Morgan fingerprint density at radius 2 is 2.00 bits per heavy atom. The highest BCUT2D eigenvalue weighted by Crippen LogP contribution is 2.28. The molecule has 3 rings (SSSR count). The number of amides is 1. The number of hydrogen-bond acceptors (Lipinski definition) is 4. The molecule has 0 bridgehead atoms. The highest BCUT2D eigenvalue weighted by atomic mass is 35.5. The summed E-state index contributed by atoms with van der Waals surface area (Å²) in [5, 5.41) is 13.5. The van der Waals surface area contributed by atoms with Crippen molar-refractivity contribution in [2.24, 2.45) is 12.2 Å². The molecular formula is C18H17ClN4OS. The number of anilines is 1. The van der Waals surface area contributed by atoms with Crippen molar-refractivity contribution < 1.29 is 4.79 Å². The normalized spacial score (nSPS) is 10.7. The summed E-state index contributed by atoms with van der Waals surface area (Å²) in [6.45, 7) is 0. The number of aryl methyl sites for hydroxylation is 1. The molecule has 0 spiro atoms. The van der Waals surface area contributed by atoms with Crippen LogP contribution in [0.1, 0.15) is 5.56 Å². The highest BCUT2D eigenvalue weighted by Gasteiger charge is 2.09. The Kier molecular flexibility index (Phi) is 5.43. The number of nitrogens with zero attached hydrogens (tertiary/aromatic N) is 2. The molecule has 7 heteroatoms. The van der Waals surface area contributed by atoms with Crippen LogP contribution in [-0.2, 0) is 18.3 Å². The van der Waals surface area contributed by atoms with Gasteiger partial charge in [0, 0.05) is 34.4 Å². The van der Waals surface area contributed by atoms with E-state index in [9.17, 15) is 4.79 Å². The molecule has 128 valence electrons. The van der Waals surface area contributed by atoms with E-state index in [0.29, 0.717) is 10.7 Å². The van der Waals surface area contributed by atoms with Crippen LogP contribution in [0.3, 0.4) is 0 Å². The topological polar surface area (TPSA) is 72.9 Å².